The zero-order valence-corrected chi connectivity index (χ0v) is 19.5. The smallest absolute Gasteiger partial charge is 0.193 e. The van der Waals surface area contributed by atoms with E-state index in [0.717, 1.165) is 37.0 Å². The van der Waals surface area contributed by atoms with Gasteiger partial charge in [0.15, 0.2) is 11.8 Å². The molecule has 2 N–H and O–H groups in total. The minimum atomic E-state index is 0. The zero-order chi connectivity index (χ0) is 18.5. The summed E-state index contributed by atoms with van der Waals surface area (Å²) in [5.41, 5.74) is 2.26. The Hall–Kier alpha value is -1.29. The number of thioether (sulfide) groups is 1. The normalized spacial score (nSPS) is 19.3. The maximum Gasteiger partial charge on any atom is 0.193 e. The van der Waals surface area contributed by atoms with Crippen molar-refractivity contribution in [3.63, 3.8) is 0 Å². The van der Waals surface area contributed by atoms with Crippen LogP contribution in [0.4, 0.5) is 0 Å². The Bertz CT molecular complexity index is 767. The van der Waals surface area contributed by atoms with Crippen LogP contribution in [0.25, 0.3) is 11.4 Å². The first-order valence-electron chi connectivity index (χ1n) is 9.82. The van der Waals surface area contributed by atoms with Gasteiger partial charge >= 0.3 is 0 Å². The van der Waals surface area contributed by atoms with Gasteiger partial charge in [-0.1, -0.05) is 37.5 Å². The molecule has 1 spiro atoms. The minimum absolute atomic E-state index is 0. The summed E-state index contributed by atoms with van der Waals surface area (Å²) in [6.07, 6.45) is 8.39. The Kier molecular flexibility index (Phi) is 7.62. The predicted molar refractivity (Wildman–Crippen MR) is 127 cm³/mol. The molecule has 152 valence electrons. The SMILES string of the molecule is CN=C(NCc1cccc(-c2ncn[nH]2)c1)N1CCSC2(CCCCC2)C1.I. The lowest BCUT2D eigenvalue weighted by Crippen LogP contribution is -2.53. The number of hydrogen-bond acceptors (Lipinski definition) is 4. The van der Waals surface area contributed by atoms with Crippen LogP contribution in [0.15, 0.2) is 35.6 Å². The number of guanidine groups is 1. The molecule has 2 heterocycles. The molecule has 0 bridgehead atoms. The molecule has 0 atom stereocenters. The highest BCUT2D eigenvalue weighted by Gasteiger charge is 2.38. The topological polar surface area (TPSA) is 69.2 Å². The molecule has 6 nitrogen and oxygen atoms in total. The van der Waals surface area contributed by atoms with Crippen molar-refractivity contribution in [2.24, 2.45) is 4.99 Å². The summed E-state index contributed by atoms with van der Waals surface area (Å²) >= 11 is 2.19. The van der Waals surface area contributed by atoms with Crippen LogP contribution in [-0.2, 0) is 6.54 Å². The summed E-state index contributed by atoms with van der Waals surface area (Å²) < 4.78 is 0.445. The highest BCUT2D eigenvalue weighted by molar-refractivity contribution is 14.0. The molecular weight excluding hydrogens is 483 g/mol. The Morgan fingerprint density at radius 3 is 2.93 bits per heavy atom. The first kappa shape index (κ1) is 21.4. The van der Waals surface area contributed by atoms with Crippen LogP contribution in [0.3, 0.4) is 0 Å². The molecular formula is C20H29IN6S. The van der Waals surface area contributed by atoms with Gasteiger partial charge in [0.25, 0.3) is 0 Å². The zero-order valence-electron chi connectivity index (χ0n) is 16.4. The molecule has 0 radical (unpaired) electrons. The highest BCUT2D eigenvalue weighted by Crippen LogP contribution is 2.42. The molecule has 1 aliphatic heterocycles. The second-order valence-corrected chi connectivity index (χ2v) is 9.01. The van der Waals surface area contributed by atoms with E-state index in [2.05, 4.69) is 60.4 Å². The van der Waals surface area contributed by atoms with Gasteiger partial charge in [-0.25, -0.2) is 4.98 Å². The maximum absolute atomic E-state index is 4.57. The van der Waals surface area contributed by atoms with Crippen molar-refractivity contribution < 1.29 is 0 Å². The van der Waals surface area contributed by atoms with E-state index in [1.165, 1.54) is 49.7 Å². The van der Waals surface area contributed by atoms with Crippen molar-refractivity contribution in [2.75, 3.05) is 25.9 Å². The highest BCUT2D eigenvalue weighted by atomic mass is 127. The van der Waals surface area contributed by atoms with Crippen LogP contribution in [-0.4, -0.2) is 56.7 Å². The van der Waals surface area contributed by atoms with Crippen molar-refractivity contribution in [2.45, 2.75) is 43.4 Å². The monoisotopic (exact) mass is 512 g/mol. The quantitative estimate of drug-likeness (QED) is 0.371. The lowest BCUT2D eigenvalue weighted by atomic mass is 9.87. The van der Waals surface area contributed by atoms with E-state index in [1.807, 2.05) is 13.1 Å². The molecule has 1 saturated heterocycles. The summed E-state index contributed by atoms with van der Waals surface area (Å²) in [6, 6.07) is 8.39. The van der Waals surface area contributed by atoms with Crippen molar-refractivity contribution in [1.82, 2.24) is 25.4 Å². The van der Waals surface area contributed by atoms with Gasteiger partial charge in [0.1, 0.15) is 6.33 Å². The number of benzene rings is 1. The van der Waals surface area contributed by atoms with Crippen LogP contribution in [0.1, 0.15) is 37.7 Å². The summed E-state index contributed by atoms with van der Waals surface area (Å²) in [4.78, 5) is 11.3. The van der Waals surface area contributed by atoms with Crippen molar-refractivity contribution in [3.8, 4) is 11.4 Å². The molecule has 2 fully saturated rings. The maximum atomic E-state index is 4.57. The summed E-state index contributed by atoms with van der Waals surface area (Å²) in [5, 5.41) is 10.4. The molecule has 2 aliphatic rings. The van der Waals surface area contributed by atoms with Crippen LogP contribution < -0.4 is 5.32 Å². The van der Waals surface area contributed by atoms with E-state index in [4.69, 9.17) is 0 Å². The fourth-order valence-electron chi connectivity index (χ4n) is 4.21. The second-order valence-electron chi connectivity index (χ2n) is 7.45. The Morgan fingerprint density at radius 2 is 2.18 bits per heavy atom. The van der Waals surface area contributed by atoms with Gasteiger partial charge in [-0.15, -0.1) is 24.0 Å². The number of rotatable bonds is 3. The Morgan fingerprint density at radius 1 is 1.32 bits per heavy atom. The molecule has 1 aromatic heterocycles. The van der Waals surface area contributed by atoms with E-state index in [1.54, 1.807) is 0 Å². The Labute approximate surface area is 188 Å². The van der Waals surface area contributed by atoms with E-state index in [-0.39, 0.29) is 24.0 Å². The standard InChI is InChI=1S/C20H28N6S.HI/c1-21-19(26-10-11-27-20(14-26)8-3-2-4-9-20)22-13-16-6-5-7-17(12-16)18-23-15-24-25-18;/h5-7,12,15H,2-4,8-11,13-14H2,1H3,(H,21,22)(H,23,24,25);1H. The van der Waals surface area contributed by atoms with Gasteiger partial charge in [-0.05, 0) is 24.5 Å². The van der Waals surface area contributed by atoms with Crippen LogP contribution in [0.5, 0.6) is 0 Å². The largest absolute Gasteiger partial charge is 0.352 e. The van der Waals surface area contributed by atoms with E-state index in [9.17, 15) is 0 Å². The number of nitrogens with one attached hydrogen (secondary N) is 2. The summed E-state index contributed by atoms with van der Waals surface area (Å²) in [6.45, 7) is 2.95. The molecule has 8 heteroatoms. The van der Waals surface area contributed by atoms with Gasteiger partial charge in [0.2, 0.25) is 0 Å². The van der Waals surface area contributed by atoms with E-state index >= 15 is 0 Å². The average Bonchev–Trinajstić information content (AvgIpc) is 3.24. The molecule has 28 heavy (non-hydrogen) atoms. The fourth-order valence-corrected chi connectivity index (χ4v) is 5.78. The molecule has 0 amide bonds. The third-order valence-electron chi connectivity index (χ3n) is 5.59. The predicted octanol–water partition coefficient (Wildman–Crippen LogP) is 3.92. The molecule has 1 aromatic carbocycles. The third-order valence-corrected chi connectivity index (χ3v) is 7.13. The Balaban J connectivity index is 0.00000225. The summed E-state index contributed by atoms with van der Waals surface area (Å²) in [7, 11) is 1.89. The van der Waals surface area contributed by atoms with Crippen molar-refractivity contribution >= 4 is 41.7 Å². The molecule has 2 aromatic rings. The fraction of sp³-hybridized carbons (Fsp3) is 0.550. The molecule has 4 rings (SSSR count). The first-order chi connectivity index (χ1) is 13.3. The second kappa shape index (κ2) is 9.96. The number of hydrogen-bond donors (Lipinski definition) is 2. The van der Waals surface area contributed by atoms with Gasteiger partial charge in [0, 0.05) is 42.7 Å². The number of nitrogens with zero attached hydrogens (tertiary/aromatic N) is 4. The van der Waals surface area contributed by atoms with Gasteiger partial charge in [-0.2, -0.15) is 16.9 Å². The number of H-pyrrole nitrogens is 1. The van der Waals surface area contributed by atoms with Crippen LogP contribution >= 0.6 is 35.7 Å². The lowest BCUT2D eigenvalue weighted by molar-refractivity contribution is 0.293. The van der Waals surface area contributed by atoms with Crippen LogP contribution in [0, 0.1) is 0 Å². The van der Waals surface area contributed by atoms with Crippen LogP contribution in [0.2, 0.25) is 0 Å². The number of aromatic amines is 1. The molecule has 0 unspecified atom stereocenters. The average molecular weight is 512 g/mol. The lowest BCUT2D eigenvalue weighted by Gasteiger charge is -2.45. The van der Waals surface area contributed by atoms with Gasteiger partial charge in [0.05, 0.1) is 0 Å². The minimum Gasteiger partial charge on any atom is -0.352 e. The number of halogens is 1. The van der Waals surface area contributed by atoms with Crippen molar-refractivity contribution in [3.05, 3.63) is 36.2 Å². The van der Waals surface area contributed by atoms with Crippen molar-refractivity contribution in [1.29, 1.82) is 0 Å². The summed E-state index contributed by atoms with van der Waals surface area (Å²) in [5.74, 6) is 3.01. The third kappa shape index (κ3) is 5.00. The van der Waals surface area contributed by atoms with E-state index in [0.29, 0.717) is 4.75 Å². The molecule has 1 aliphatic carbocycles. The first-order valence-corrected chi connectivity index (χ1v) is 10.8. The van der Waals surface area contributed by atoms with Gasteiger partial charge in [-0.3, -0.25) is 10.1 Å². The number of aromatic nitrogens is 3. The van der Waals surface area contributed by atoms with E-state index < -0.39 is 0 Å². The van der Waals surface area contributed by atoms with Gasteiger partial charge < -0.3 is 10.2 Å². The molecule has 1 saturated carbocycles. The number of aliphatic imine (C=N–C) groups is 1.